The Labute approximate surface area is 170 Å². The van der Waals surface area contributed by atoms with Gasteiger partial charge in [0.15, 0.2) is 9.84 Å². The van der Waals surface area contributed by atoms with Gasteiger partial charge in [-0.1, -0.05) is 41.4 Å². The summed E-state index contributed by atoms with van der Waals surface area (Å²) in [7, 11) is -7.62. The van der Waals surface area contributed by atoms with E-state index in [1.54, 1.807) is 0 Å². The predicted octanol–water partition coefficient (Wildman–Crippen LogP) is 3.25. The lowest BCUT2D eigenvalue weighted by molar-refractivity contribution is -0.00443. The maximum Gasteiger partial charge on any atom is 0.242 e. The van der Waals surface area contributed by atoms with E-state index in [-0.39, 0.29) is 14.8 Å². The molecule has 0 bridgehead atoms. The van der Waals surface area contributed by atoms with Crippen LogP contribution in [0.5, 0.6) is 0 Å². The van der Waals surface area contributed by atoms with Crippen LogP contribution < -0.4 is 4.72 Å². The predicted molar refractivity (Wildman–Crippen MR) is 108 cm³/mol. The van der Waals surface area contributed by atoms with E-state index < -0.39 is 32.0 Å². The lowest BCUT2D eigenvalue weighted by atomic mass is 9.96. The molecule has 1 aliphatic heterocycles. The van der Waals surface area contributed by atoms with Gasteiger partial charge in [0.1, 0.15) is 4.90 Å². The van der Waals surface area contributed by atoms with Crippen molar-refractivity contribution in [1.82, 2.24) is 4.72 Å². The average Bonchev–Trinajstić information content (AvgIpc) is 2.62. The molecular weight excluding hydrogens is 422 g/mol. The van der Waals surface area contributed by atoms with Crippen molar-refractivity contribution in [3.8, 4) is 0 Å². The Morgan fingerprint density at radius 1 is 1.07 bits per heavy atom. The number of nitrogens with one attached hydrogen (secondary N) is 1. The molecule has 0 aliphatic carbocycles. The van der Waals surface area contributed by atoms with E-state index in [4.69, 9.17) is 16.3 Å². The highest BCUT2D eigenvalue weighted by molar-refractivity contribution is 7.91. The minimum atomic E-state index is -4.05. The fourth-order valence-corrected chi connectivity index (χ4v) is 5.69. The monoisotopic (exact) mass is 443 g/mol. The van der Waals surface area contributed by atoms with Crippen LogP contribution in [0.3, 0.4) is 0 Å². The number of aryl methyl sites for hydroxylation is 1. The van der Waals surface area contributed by atoms with Crippen molar-refractivity contribution in [3.63, 3.8) is 0 Å². The molecule has 1 N–H and O–H groups in total. The molecule has 0 saturated carbocycles. The number of hydrogen-bond donors (Lipinski definition) is 1. The van der Waals surface area contributed by atoms with Crippen molar-refractivity contribution in [3.05, 3.63) is 58.6 Å². The number of halogens is 1. The van der Waals surface area contributed by atoms with Gasteiger partial charge in [-0.2, -0.15) is 0 Å². The summed E-state index contributed by atoms with van der Waals surface area (Å²) < 4.78 is 58.1. The molecule has 0 unspecified atom stereocenters. The minimum absolute atomic E-state index is 0.0384. The highest BCUT2D eigenvalue weighted by atomic mass is 35.5. The summed E-state index contributed by atoms with van der Waals surface area (Å²) in [6.45, 7) is 2.52. The van der Waals surface area contributed by atoms with Crippen LogP contribution in [-0.4, -0.2) is 35.7 Å². The molecule has 0 spiro atoms. The van der Waals surface area contributed by atoms with E-state index in [1.807, 2.05) is 31.2 Å². The van der Waals surface area contributed by atoms with Crippen LogP contribution in [0, 0.1) is 6.92 Å². The fraction of sp³-hybridized carbons (Fsp3) is 0.368. The highest BCUT2D eigenvalue weighted by Gasteiger charge is 2.32. The maximum atomic E-state index is 13.0. The van der Waals surface area contributed by atoms with Crippen LogP contribution in [0.1, 0.15) is 30.1 Å². The summed E-state index contributed by atoms with van der Waals surface area (Å²) >= 11 is 6.07. The van der Waals surface area contributed by atoms with Gasteiger partial charge in [0.05, 0.1) is 22.1 Å². The van der Waals surface area contributed by atoms with Crippen LogP contribution in [0.25, 0.3) is 0 Å². The number of sulfone groups is 1. The molecule has 28 heavy (non-hydrogen) atoms. The highest BCUT2D eigenvalue weighted by Crippen LogP contribution is 2.31. The molecule has 1 fully saturated rings. The van der Waals surface area contributed by atoms with Gasteiger partial charge in [-0.05, 0) is 43.5 Å². The van der Waals surface area contributed by atoms with Crippen LogP contribution in [0.2, 0.25) is 5.02 Å². The molecule has 0 amide bonds. The summed E-state index contributed by atoms with van der Waals surface area (Å²) in [4.78, 5) is -0.363. The standard InChI is InChI=1S/C19H22ClNO5S2/c1-13-5-7-14(8-6-13)19-17(4-3-11-26-19)21-28(24,25)18-12-15(27(2,22)23)9-10-16(18)20/h5-10,12,17,19,21H,3-4,11H2,1-2H3/t17-,19+/m1/s1. The van der Waals surface area contributed by atoms with Gasteiger partial charge in [-0.25, -0.2) is 21.6 Å². The number of benzene rings is 2. The number of ether oxygens (including phenoxy) is 1. The summed E-state index contributed by atoms with van der Waals surface area (Å²) in [5.41, 5.74) is 1.98. The first-order valence-electron chi connectivity index (χ1n) is 8.78. The molecule has 9 heteroatoms. The second-order valence-corrected chi connectivity index (χ2v) is 11.0. The summed E-state index contributed by atoms with van der Waals surface area (Å²) in [6, 6.07) is 10.9. The van der Waals surface area contributed by atoms with E-state index in [9.17, 15) is 16.8 Å². The second kappa shape index (κ2) is 8.12. The van der Waals surface area contributed by atoms with E-state index in [1.165, 1.54) is 12.1 Å². The molecule has 1 aliphatic rings. The molecule has 2 aromatic rings. The van der Waals surface area contributed by atoms with Crippen molar-refractivity contribution in [2.75, 3.05) is 12.9 Å². The third-order valence-corrected chi connectivity index (χ3v) is 7.74. The van der Waals surface area contributed by atoms with Gasteiger partial charge in [0.25, 0.3) is 0 Å². The van der Waals surface area contributed by atoms with Gasteiger partial charge < -0.3 is 4.74 Å². The van der Waals surface area contributed by atoms with Crippen molar-refractivity contribution < 1.29 is 21.6 Å². The third kappa shape index (κ3) is 4.75. The van der Waals surface area contributed by atoms with Crippen LogP contribution in [-0.2, 0) is 24.6 Å². The lowest BCUT2D eigenvalue weighted by Gasteiger charge is -2.32. The van der Waals surface area contributed by atoms with E-state index in [0.717, 1.165) is 23.4 Å². The van der Waals surface area contributed by atoms with Crippen molar-refractivity contribution >= 4 is 31.5 Å². The van der Waals surface area contributed by atoms with Gasteiger partial charge in [-0.15, -0.1) is 0 Å². The Balaban J connectivity index is 1.93. The summed E-state index contributed by atoms with van der Waals surface area (Å²) in [5, 5.41) is -0.0384. The normalized spacial score (nSPS) is 20.8. The summed E-state index contributed by atoms with van der Waals surface area (Å²) in [5.74, 6) is 0. The van der Waals surface area contributed by atoms with Gasteiger partial charge in [-0.3, -0.25) is 0 Å². The minimum Gasteiger partial charge on any atom is -0.372 e. The zero-order chi connectivity index (χ0) is 20.5. The number of rotatable bonds is 5. The Bertz CT molecular complexity index is 1070. The molecule has 2 aromatic carbocycles. The molecule has 152 valence electrons. The topological polar surface area (TPSA) is 89.5 Å². The fourth-order valence-electron chi connectivity index (χ4n) is 3.17. The molecule has 2 atom stereocenters. The van der Waals surface area contributed by atoms with E-state index in [0.29, 0.717) is 19.4 Å². The Hall–Kier alpha value is -1.45. The molecule has 0 radical (unpaired) electrons. The number of sulfonamides is 1. The smallest absolute Gasteiger partial charge is 0.242 e. The molecule has 3 rings (SSSR count). The molecule has 6 nitrogen and oxygen atoms in total. The SMILES string of the molecule is Cc1ccc([C@@H]2OCCC[C@H]2NS(=O)(=O)c2cc(S(C)(=O)=O)ccc2Cl)cc1. The Morgan fingerprint density at radius 3 is 2.39 bits per heavy atom. The Morgan fingerprint density at radius 2 is 1.75 bits per heavy atom. The molecular formula is C19H22ClNO5S2. The first-order chi connectivity index (χ1) is 13.1. The molecule has 1 saturated heterocycles. The Kier molecular flexibility index (Phi) is 6.17. The van der Waals surface area contributed by atoms with Gasteiger partial charge in [0, 0.05) is 12.9 Å². The zero-order valence-electron chi connectivity index (χ0n) is 15.6. The van der Waals surface area contributed by atoms with Crippen LogP contribution in [0.15, 0.2) is 52.3 Å². The third-order valence-electron chi connectivity index (χ3n) is 4.66. The first-order valence-corrected chi connectivity index (χ1v) is 12.5. The van der Waals surface area contributed by atoms with Crippen LogP contribution in [0.4, 0.5) is 0 Å². The molecule has 0 aromatic heterocycles. The average molecular weight is 444 g/mol. The van der Waals surface area contributed by atoms with E-state index >= 15 is 0 Å². The van der Waals surface area contributed by atoms with Gasteiger partial charge >= 0.3 is 0 Å². The van der Waals surface area contributed by atoms with Crippen molar-refractivity contribution in [2.45, 2.75) is 41.7 Å². The van der Waals surface area contributed by atoms with Crippen molar-refractivity contribution in [1.29, 1.82) is 0 Å². The number of hydrogen-bond acceptors (Lipinski definition) is 5. The quantitative estimate of drug-likeness (QED) is 0.766. The summed E-state index contributed by atoms with van der Waals surface area (Å²) in [6.07, 6.45) is 1.90. The second-order valence-electron chi connectivity index (χ2n) is 6.94. The maximum absolute atomic E-state index is 13.0. The largest absolute Gasteiger partial charge is 0.372 e. The zero-order valence-corrected chi connectivity index (χ0v) is 17.9. The van der Waals surface area contributed by atoms with Crippen molar-refractivity contribution in [2.24, 2.45) is 0 Å². The van der Waals surface area contributed by atoms with E-state index in [2.05, 4.69) is 4.72 Å². The van der Waals surface area contributed by atoms with Crippen LogP contribution >= 0.6 is 11.6 Å². The first kappa shape index (κ1) is 21.3. The molecule has 1 heterocycles. The van der Waals surface area contributed by atoms with Gasteiger partial charge in [0.2, 0.25) is 10.0 Å². The lowest BCUT2D eigenvalue weighted by Crippen LogP contribution is -2.42.